The zero-order valence-electron chi connectivity index (χ0n) is 14.8. The molecule has 1 atom stereocenters. The Morgan fingerprint density at radius 2 is 1.52 bits per heavy atom. The van der Waals surface area contributed by atoms with E-state index in [1.807, 2.05) is 0 Å². The van der Waals surface area contributed by atoms with Gasteiger partial charge in [-0.25, -0.2) is 0 Å². The van der Waals surface area contributed by atoms with Crippen molar-refractivity contribution in [3.05, 3.63) is 0 Å². The fraction of sp³-hybridized carbons (Fsp3) is 1.00. The second kappa shape index (κ2) is 6.28. The van der Waals surface area contributed by atoms with Crippen LogP contribution in [-0.2, 0) is 10.2 Å². The Morgan fingerprint density at radius 3 is 2.09 bits per heavy atom. The van der Waals surface area contributed by atoms with E-state index in [-0.39, 0.29) is 11.5 Å². The van der Waals surface area contributed by atoms with Crippen LogP contribution in [0.15, 0.2) is 0 Å². The van der Waals surface area contributed by atoms with Crippen molar-refractivity contribution in [2.45, 2.75) is 71.3 Å². The van der Waals surface area contributed by atoms with Crippen LogP contribution in [0.2, 0.25) is 0 Å². The molecule has 3 fully saturated rings. The Kier molecular flexibility index (Phi) is 4.82. The van der Waals surface area contributed by atoms with Gasteiger partial charge in [-0.05, 0) is 42.9 Å². The van der Waals surface area contributed by atoms with Gasteiger partial charge in [0.05, 0.1) is 0 Å². The molecule has 1 saturated carbocycles. The van der Waals surface area contributed by atoms with Gasteiger partial charge in [0.25, 0.3) is 10.2 Å². The number of hydrogen-bond acceptors (Lipinski definition) is 3. The molecular formula is C17H33N3O2S. The molecule has 6 heteroatoms. The minimum atomic E-state index is -3.32. The topological polar surface area (TPSA) is 66.6 Å². The first kappa shape index (κ1) is 17.6. The Hall–Kier alpha value is -0.170. The molecule has 2 heterocycles. The molecule has 1 spiro atoms. The number of rotatable bonds is 2. The lowest BCUT2D eigenvalue weighted by Crippen LogP contribution is -2.58. The predicted molar refractivity (Wildman–Crippen MR) is 93.2 cm³/mol. The molecule has 134 valence electrons. The summed E-state index contributed by atoms with van der Waals surface area (Å²) in [6.45, 7) is 6.66. The summed E-state index contributed by atoms with van der Waals surface area (Å²) in [4.78, 5) is 0. The van der Waals surface area contributed by atoms with Gasteiger partial charge in [0, 0.05) is 32.2 Å². The van der Waals surface area contributed by atoms with Crippen LogP contribution in [-0.4, -0.2) is 49.2 Å². The van der Waals surface area contributed by atoms with Crippen LogP contribution in [0.1, 0.15) is 65.2 Å². The van der Waals surface area contributed by atoms with Crippen molar-refractivity contribution < 1.29 is 8.42 Å². The molecule has 2 saturated heterocycles. The SMILES string of the molecule is CC1(C)CN(S(=O)(=O)N2CCC3(CCCCC3)CC2)CCC1N. The summed E-state index contributed by atoms with van der Waals surface area (Å²) in [5.41, 5.74) is 6.45. The van der Waals surface area contributed by atoms with Crippen molar-refractivity contribution in [3.63, 3.8) is 0 Å². The first-order valence-electron chi connectivity index (χ1n) is 9.26. The van der Waals surface area contributed by atoms with E-state index in [4.69, 9.17) is 5.73 Å². The van der Waals surface area contributed by atoms with Crippen LogP contribution in [0.3, 0.4) is 0 Å². The van der Waals surface area contributed by atoms with Gasteiger partial charge in [-0.3, -0.25) is 0 Å². The summed E-state index contributed by atoms with van der Waals surface area (Å²) >= 11 is 0. The summed E-state index contributed by atoms with van der Waals surface area (Å²) in [7, 11) is -3.32. The molecule has 0 amide bonds. The highest BCUT2D eigenvalue weighted by molar-refractivity contribution is 7.86. The van der Waals surface area contributed by atoms with Crippen LogP contribution in [0.4, 0.5) is 0 Å². The quantitative estimate of drug-likeness (QED) is 0.837. The van der Waals surface area contributed by atoms with Crippen LogP contribution in [0.5, 0.6) is 0 Å². The third kappa shape index (κ3) is 3.46. The van der Waals surface area contributed by atoms with Gasteiger partial charge in [-0.2, -0.15) is 17.0 Å². The maximum absolute atomic E-state index is 13.0. The van der Waals surface area contributed by atoms with Crippen LogP contribution in [0, 0.1) is 10.8 Å². The Bertz CT molecular complexity index is 516. The molecule has 3 rings (SSSR count). The van der Waals surface area contributed by atoms with Crippen molar-refractivity contribution in [1.29, 1.82) is 0 Å². The first-order chi connectivity index (χ1) is 10.8. The number of nitrogens with two attached hydrogens (primary N) is 1. The van der Waals surface area contributed by atoms with E-state index in [0.717, 1.165) is 19.3 Å². The monoisotopic (exact) mass is 343 g/mol. The second-order valence-electron chi connectivity index (χ2n) is 8.68. The first-order valence-corrected chi connectivity index (χ1v) is 10.7. The molecule has 0 aromatic heterocycles. The van der Waals surface area contributed by atoms with E-state index in [9.17, 15) is 8.42 Å². The predicted octanol–water partition coefficient (Wildman–Crippen LogP) is 2.34. The molecule has 0 aromatic rings. The van der Waals surface area contributed by atoms with Crippen LogP contribution in [0.25, 0.3) is 0 Å². The molecule has 3 aliphatic rings. The highest BCUT2D eigenvalue weighted by atomic mass is 32.2. The molecule has 1 aliphatic carbocycles. The van der Waals surface area contributed by atoms with Gasteiger partial charge >= 0.3 is 0 Å². The summed E-state index contributed by atoms with van der Waals surface area (Å²) in [6.07, 6.45) is 9.44. The fourth-order valence-corrected chi connectivity index (χ4v) is 6.48. The van der Waals surface area contributed by atoms with E-state index in [1.54, 1.807) is 8.61 Å². The van der Waals surface area contributed by atoms with Gasteiger partial charge in [0.1, 0.15) is 0 Å². The minimum absolute atomic E-state index is 0.0841. The lowest BCUT2D eigenvalue weighted by molar-refractivity contribution is 0.0938. The van der Waals surface area contributed by atoms with Crippen molar-refractivity contribution in [1.82, 2.24) is 8.61 Å². The molecule has 1 unspecified atom stereocenters. The zero-order chi connectivity index (χ0) is 16.7. The molecule has 2 N–H and O–H groups in total. The fourth-order valence-electron chi connectivity index (χ4n) is 4.68. The minimum Gasteiger partial charge on any atom is -0.327 e. The smallest absolute Gasteiger partial charge is 0.281 e. The second-order valence-corrected chi connectivity index (χ2v) is 10.6. The van der Waals surface area contributed by atoms with Gasteiger partial charge in [0.2, 0.25) is 0 Å². The largest absolute Gasteiger partial charge is 0.327 e. The highest BCUT2D eigenvalue weighted by Gasteiger charge is 2.43. The standard InChI is InChI=1S/C17H33N3O2S/c1-16(2)14-20(11-6-15(16)18)23(21,22)19-12-9-17(10-13-19)7-4-3-5-8-17/h15H,3-14,18H2,1-2H3. The molecule has 0 aromatic carbocycles. The van der Waals surface area contributed by atoms with E-state index >= 15 is 0 Å². The highest BCUT2D eigenvalue weighted by Crippen LogP contribution is 2.45. The Morgan fingerprint density at radius 1 is 0.913 bits per heavy atom. The number of nitrogens with zero attached hydrogens (tertiary/aromatic N) is 2. The van der Waals surface area contributed by atoms with Crippen molar-refractivity contribution >= 4 is 10.2 Å². The van der Waals surface area contributed by atoms with E-state index < -0.39 is 10.2 Å². The summed E-state index contributed by atoms with van der Waals surface area (Å²) < 4.78 is 29.4. The lowest BCUT2D eigenvalue weighted by atomic mass is 9.68. The maximum Gasteiger partial charge on any atom is 0.281 e. The normalized spacial score (nSPS) is 32.9. The molecule has 5 nitrogen and oxygen atoms in total. The Balaban J connectivity index is 1.65. The van der Waals surface area contributed by atoms with E-state index in [2.05, 4.69) is 13.8 Å². The zero-order valence-corrected chi connectivity index (χ0v) is 15.6. The maximum atomic E-state index is 13.0. The molecule has 0 bridgehead atoms. The molecular weight excluding hydrogens is 310 g/mol. The molecule has 0 radical (unpaired) electrons. The molecule has 2 aliphatic heterocycles. The Labute approximate surface area is 141 Å². The summed E-state index contributed by atoms with van der Waals surface area (Å²) in [6, 6.07) is 0.0841. The number of hydrogen-bond donors (Lipinski definition) is 1. The van der Waals surface area contributed by atoms with Gasteiger partial charge in [-0.15, -0.1) is 0 Å². The van der Waals surface area contributed by atoms with Crippen LogP contribution >= 0.6 is 0 Å². The third-order valence-corrected chi connectivity index (χ3v) is 8.61. The van der Waals surface area contributed by atoms with Crippen molar-refractivity contribution in [3.8, 4) is 0 Å². The third-order valence-electron chi connectivity index (χ3n) is 6.63. The van der Waals surface area contributed by atoms with Crippen molar-refractivity contribution in [2.75, 3.05) is 26.2 Å². The average Bonchev–Trinajstić information content (AvgIpc) is 2.51. The van der Waals surface area contributed by atoms with Gasteiger partial charge in [-0.1, -0.05) is 33.1 Å². The number of piperidine rings is 2. The van der Waals surface area contributed by atoms with Crippen LogP contribution < -0.4 is 5.73 Å². The van der Waals surface area contributed by atoms with Crippen molar-refractivity contribution in [2.24, 2.45) is 16.6 Å². The molecule has 23 heavy (non-hydrogen) atoms. The van der Waals surface area contributed by atoms with Gasteiger partial charge < -0.3 is 5.73 Å². The lowest BCUT2D eigenvalue weighted by Gasteiger charge is -2.47. The summed E-state index contributed by atoms with van der Waals surface area (Å²) in [5, 5.41) is 0. The van der Waals surface area contributed by atoms with E-state index in [1.165, 1.54) is 32.1 Å². The van der Waals surface area contributed by atoms with Gasteiger partial charge in [0.15, 0.2) is 0 Å². The van der Waals surface area contributed by atoms with E-state index in [0.29, 0.717) is 31.6 Å². The summed E-state index contributed by atoms with van der Waals surface area (Å²) in [5.74, 6) is 0. The average molecular weight is 344 g/mol.